The second-order valence-corrected chi connectivity index (χ2v) is 8.63. The summed E-state index contributed by atoms with van der Waals surface area (Å²) in [4.78, 5) is 0. The lowest BCUT2D eigenvalue weighted by molar-refractivity contribution is -0.151. The lowest BCUT2D eigenvalue weighted by Crippen LogP contribution is -2.38. The molecule has 3 aromatic carbocycles. The third kappa shape index (κ3) is 7.23. The predicted octanol–water partition coefficient (Wildman–Crippen LogP) is 5.38. The summed E-state index contributed by atoms with van der Waals surface area (Å²) in [6, 6.07) is 30.7. The maximum atomic E-state index is 6.49. The van der Waals surface area contributed by atoms with E-state index in [-0.39, 0.29) is 31.0 Å². The Morgan fingerprint density at radius 1 is 0.618 bits per heavy atom. The number of rotatable bonds is 13. The van der Waals surface area contributed by atoms with E-state index >= 15 is 0 Å². The second kappa shape index (κ2) is 13.4. The number of ether oxygens (including phenoxy) is 5. The molecule has 4 rings (SSSR count). The van der Waals surface area contributed by atoms with Crippen molar-refractivity contribution in [3.63, 3.8) is 0 Å². The van der Waals surface area contributed by atoms with Crippen LogP contribution >= 0.6 is 0 Å². The number of hydrogen-bond donors (Lipinski definition) is 0. The molecule has 4 atom stereocenters. The lowest BCUT2D eigenvalue weighted by atomic mass is 10.1. The highest BCUT2D eigenvalue weighted by atomic mass is 16.7. The maximum Gasteiger partial charge on any atom is 0.146 e. The van der Waals surface area contributed by atoms with Crippen molar-refractivity contribution in [2.75, 3.05) is 20.5 Å². The fourth-order valence-corrected chi connectivity index (χ4v) is 4.40. The molecular formula is C29H34O5. The van der Waals surface area contributed by atoms with Crippen molar-refractivity contribution in [1.29, 1.82) is 0 Å². The summed E-state index contributed by atoms with van der Waals surface area (Å²) in [5, 5.41) is 0. The van der Waals surface area contributed by atoms with E-state index in [9.17, 15) is 0 Å². The average molecular weight is 463 g/mol. The van der Waals surface area contributed by atoms with Crippen molar-refractivity contribution < 1.29 is 23.7 Å². The fourth-order valence-electron chi connectivity index (χ4n) is 4.40. The molecule has 34 heavy (non-hydrogen) atoms. The topological polar surface area (TPSA) is 46.2 Å². The van der Waals surface area contributed by atoms with Gasteiger partial charge in [-0.05, 0) is 23.1 Å². The van der Waals surface area contributed by atoms with Crippen molar-refractivity contribution >= 4 is 0 Å². The van der Waals surface area contributed by atoms with E-state index in [4.69, 9.17) is 23.7 Å². The van der Waals surface area contributed by atoms with Crippen molar-refractivity contribution in [3.05, 3.63) is 108 Å². The predicted molar refractivity (Wildman–Crippen MR) is 131 cm³/mol. The van der Waals surface area contributed by atoms with Gasteiger partial charge >= 0.3 is 0 Å². The lowest BCUT2D eigenvalue weighted by Gasteiger charge is -2.27. The molecule has 0 N–H and O–H groups in total. The molecule has 5 heteroatoms. The Morgan fingerprint density at radius 3 is 1.65 bits per heavy atom. The molecule has 1 fully saturated rings. The van der Waals surface area contributed by atoms with Crippen LogP contribution in [-0.2, 0) is 43.5 Å². The summed E-state index contributed by atoms with van der Waals surface area (Å²) in [5.74, 6) is 0.148. The van der Waals surface area contributed by atoms with E-state index in [1.165, 1.54) is 0 Å². The van der Waals surface area contributed by atoms with Gasteiger partial charge in [0, 0.05) is 13.0 Å². The van der Waals surface area contributed by atoms with E-state index in [0.29, 0.717) is 26.4 Å². The molecule has 0 radical (unpaired) electrons. The van der Waals surface area contributed by atoms with Crippen LogP contribution in [0.3, 0.4) is 0 Å². The van der Waals surface area contributed by atoms with E-state index in [2.05, 4.69) is 36.4 Å². The smallest absolute Gasteiger partial charge is 0.146 e. The van der Waals surface area contributed by atoms with Crippen LogP contribution in [0.25, 0.3) is 0 Å². The standard InChI is InChI=1S/C29H34O5/c1-30-22-34-27-17-26(21-31-18-23-11-5-2-6-12-23)28(32-19-24-13-7-3-8-14-24)29(27)33-20-25-15-9-4-10-16-25/h2-16,26-29H,17-22H2,1H3/t26-,27-,28-,29-/m1/s1. The Balaban J connectivity index is 1.45. The first-order chi connectivity index (χ1) is 16.8. The van der Waals surface area contributed by atoms with Gasteiger partial charge in [0.2, 0.25) is 0 Å². The molecule has 1 aliphatic rings. The van der Waals surface area contributed by atoms with Crippen LogP contribution < -0.4 is 0 Å². The molecule has 1 saturated carbocycles. The molecule has 0 saturated heterocycles. The zero-order valence-electron chi connectivity index (χ0n) is 19.8. The normalized spacial score (nSPS) is 22.1. The zero-order valence-corrected chi connectivity index (χ0v) is 19.8. The summed E-state index contributed by atoms with van der Waals surface area (Å²) in [5.41, 5.74) is 3.42. The summed E-state index contributed by atoms with van der Waals surface area (Å²) in [7, 11) is 1.64. The van der Waals surface area contributed by atoms with Gasteiger partial charge in [-0.1, -0.05) is 91.0 Å². The van der Waals surface area contributed by atoms with Gasteiger partial charge in [0.15, 0.2) is 0 Å². The van der Waals surface area contributed by atoms with Crippen LogP contribution in [-0.4, -0.2) is 38.8 Å². The third-order valence-corrected chi connectivity index (χ3v) is 6.10. The maximum absolute atomic E-state index is 6.49. The first-order valence-corrected chi connectivity index (χ1v) is 11.9. The van der Waals surface area contributed by atoms with Crippen LogP contribution in [0.1, 0.15) is 23.1 Å². The molecule has 0 unspecified atom stereocenters. The third-order valence-electron chi connectivity index (χ3n) is 6.10. The summed E-state index contributed by atoms with van der Waals surface area (Å²) in [6.07, 6.45) is 0.289. The van der Waals surface area contributed by atoms with E-state index in [1.807, 2.05) is 54.6 Å². The number of methoxy groups -OCH3 is 1. The molecule has 0 aromatic heterocycles. The van der Waals surface area contributed by atoms with Gasteiger partial charge < -0.3 is 23.7 Å². The number of benzene rings is 3. The highest BCUT2D eigenvalue weighted by Gasteiger charge is 2.46. The second-order valence-electron chi connectivity index (χ2n) is 8.63. The minimum Gasteiger partial charge on any atom is -0.376 e. The Labute approximate surface area is 202 Å². The minimum absolute atomic E-state index is 0.130. The summed E-state index contributed by atoms with van der Waals surface area (Å²) in [6.45, 7) is 2.39. The highest BCUT2D eigenvalue weighted by molar-refractivity contribution is 5.15. The average Bonchev–Trinajstić information content (AvgIpc) is 3.22. The van der Waals surface area contributed by atoms with E-state index in [0.717, 1.165) is 23.1 Å². The van der Waals surface area contributed by atoms with Gasteiger partial charge in [-0.25, -0.2) is 0 Å². The van der Waals surface area contributed by atoms with Gasteiger partial charge in [0.1, 0.15) is 12.9 Å². The van der Waals surface area contributed by atoms with Gasteiger partial charge in [0.25, 0.3) is 0 Å². The van der Waals surface area contributed by atoms with Gasteiger partial charge in [-0.2, -0.15) is 0 Å². The minimum atomic E-state index is -0.218. The Morgan fingerprint density at radius 2 is 1.12 bits per heavy atom. The summed E-state index contributed by atoms with van der Waals surface area (Å²) < 4.78 is 30.3. The first-order valence-electron chi connectivity index (χ1n) is 11.9. The zero-order chi connectivity index (χ0) is 23.4. The molecule has 3 aromatic rings. The molecule has 0 heterocycles. The monoisotopic (exact) mass is 462 g/mol. The Hall–Kier alpha value is -2.54. The molecular weight excluding hydrogens is 428 g/mol. The van der Waals surface area contributed by atoms with Crippen LogP contribution in [0, 0.1) is 5.92 Å². The Kier molecular flexibility index (Phi) is 9.67. The van der Waals surface area contributed by atoms with Crippen LogP contribution in [0.2, 0.25) is 0 Å². The molecule has 5 nitrogen and oxygen atoms in total. The van der Waals surface area contributed by atoms with E-state index in [1.54, 1.807) is 7.11 Å². The van der Waals surface area contributed by atoms with Gasteiger partial charge in [0.05, 0.1) is 38.6 Å². The van der Waals surface area contributed by atoms with Crippen LogP contribution in [0.15, 0.2) is 91.0 Å². The largest absolute Gasteiger partial charge is 0.376 e. The van der Waals surface area contributed by atoms with Crippen molar-refractivity contribution in [1.82, 2.24) is 0 Å². The first kappa shape index (κ1) is 24.6. The Bertz CT molecular complexity index is 935. The molecule has 0 aliphatic heterocycles. The van der Waals surface area contributed by atoms with E-state index < -0.39 is 0 Å². The highest BCUT2D eigenvalue weighted by Crippen LogP contribution is 2.35. The van der Waals surface area contributed by atoms with Crippen molar-refractivity contribution in [2.45, 2.75) is 44.6 Å². The SMILES string of the molecule is COCO[C@@H]1C[C@H](COCc2ccccc2)[C@@H](OCc2ccccc2)[C@@H]1OCc1ccccc1. The molecule has 1 aliphatic carbocycles. The molecule has 0 amide bonds. The van der Waals surface area contributed by atoms with Crippen LogP contribution in [0.5, 0.6) is 0 Å². The van der Waals surface area contributed by atoms with Crippen molar-refractivity contribution in [3.8, 4) is 0 Å². The molecule has 180 valence electrons. The van der Waals surface area contributed by atoms with Crippen molar-refractivity contribution in [2.24, 2.45) is 5.92 Å². The van der Waals surface area contributed by atoms with Crippen LogP contribution in [0.4, 0.5) is 0 Å². The molecule has 0 bridgehead atoms. The van der Waals surface area contributed by atoms with Gasteiger partial charge in [-0.3, -0.25) is 0 Å². The fraction of sp³-hybridized carbons (Fsp3) is 0.379. The van der Waals surface area contributed by atoms with Gasteiger partial charge in [-0.15, -0.1) is 0 Å². The summed E-state index contributed by atoms with van der Waals surface area (Å²) >= 11 is 0. The molecule has 0 spiro atoms. The quantitative estimate of drug-likeness (QED) is 0.319. The number of hydrogen-bond acceptors (Lipinski definition) is 5.